The molecule has 13 nitrogen and oxygen atoms in total. The molecule has 3 aliphatic carbocycles. The van der Waals surface area contributed by atoms with Crippen molar-refractivity contribution in [3.63, 3.8) is 0 Å². The van der Waals surface area contributed by atoms with E-state index in [-0.39, 0.29) is 56.8 Å². The fourth-order valence-corrected chi connectivity index (χ4v) is 7.77. The number of halogens is 3. The van der Waals surface area contributed by atoms with E-state index in [2.05, 4.69) is 15.4 Å². The van der Waals surface area contributed by atoms with Gasteiger partial charge >= 0.3 is 18.1 Å². The fraction of sp³-hybridized carbons (Fsp3) is 0.636. The van der Waals surface area contributed by atoms with Gasteiger partial charge in [0.1, 0.15) is 29.8 Å². The first-order valence-corrected chi connectivity index (χ1v) is 16.6. The molecule has 0 radical (unpaired) electrons. The number of aliphatic hydroxyl groups excluding tert-OH is 1. The number of hydroxylamine groups is 2. The minimum atomic E-state index is -4.67. The van der Waals surface area contributed by atoms with E-state index in [0.717, 1.165) is 31.8 Å². The minimum Gasteiger partial charge on any atom is -0.458 e. The van der Waals surface area contributed by atoms with Gasteiger partial charge in [0.25, 0.3) is 0 Å². The van der Waals surface area contributed by atoms with Crippen molar-refractivity contribution in [2.24, 2.45) is 17.3 Å². The van der Waals surface area contributed by atoms with Crippen LogP contribution in [0.15, 0.2) is 30.3 Å². The number of aliphatic hydroxyl groups is 1. The molecule has 3 saturated heterocycles. The van der Waals surface area contributed by atoms with Gasteiger partial charge in [0.15, 0.2) is 18.4 Å². The Hall–Kier alpha value is -3.57. The molecule has 6 aliphatic rings. The lowest BCUT2D eigenvalue weighted by Gasteiger charge is -2.48. The lowest BCUT2D eigenvalue weighted by atomic mass is 9.62. The van der Waals surface area contributed by atoms with Crippen LogP contribution in [-0.2, 0) is 49.5 Å². The Balaban J connectivity index is 1.17. The third kappa shape index (κ3) is 6.44. The number of hydrogen-bond acceptors (Lipinski definition) is 11. The number of rotatable bonds is 13. The summed E-state index contributed by atoms with van der Waals surface area (Å²) in [5, 5.41) is 15.7. The number of ether oxygens (including phenoxy) is 4. The Bertz CT molecular complexity index is 1500. The van der Waals surface area contributed by atoms with E-state index in [1.807, 2.05) is 0 Å². The Kier molecular flexibility index (Phi) is 8.96. The zero-order valence-corrected chi connectivity index (χ0v) is 26.5. The smallest absolute Gasteiger partial charge is 0.422 e. The summed E-state index contributed by atoms with van der Waals surface area (Å²) in [6.45, 7) is -1.97. The van der Waals surface area contributed by atoms with Crippen LogP contribution in [0.25, 0.3) is 6.08 Å². The van der Waals surface area contributed by atoms with Crippen LogP contribution in [0, 0.1) is 17.3 Å². The quantitative estimate of drug-likeness (QED) is 0.203. The van der Waals surface area contributed by atoms with Crippen molar-refractivity contribution in [2.75, 3.05) is 26.3 Å². The van der Waals surface area contributed by atoms with Gasteiger partial charge in [0, 0.05) is 43.8 Å². The maximum Gasteiger partial charge on any atom is 0.422 e. The van der Waals surface area contributed by atoms with Crippen molar-refractivity contribution in [1.29, 1.82) is 0 Å². The number of fused-ring (bicyclic) bond motifs is 4. The number of nitrogens with one attached hydrogen (secondary N) is 2. The normalized spacial score (nSPS) is 31.7. The summed E-state index contributed by atoms with van der Waals surface area (Å²) in [6.07, 6.45) is -1.79. The monoisotopic (exact) mass is 693 g/mol. The second-order valence-electron chi connectivity index (χ2n) is 13.5. The van der Waals surface area contributed by atoms with Crippen LogP contribution in [0.3, 0.4) is 0 Å². The SMILES string of the molecule is O=C(CCNC(=O)C12CC3OC(=O)C1N(Cc1ccccc1C=CC(=O)OCC(F)(F)F)OC2C1OC(C2CC2)(C2CC2)OC31)NCCO. The number of carbonyl (C=O) groups is 4. The maximum atomic E-state index is 14.3. The number of carbonyl (C=O) groups excluding carboxylic acids is 4. The predicted molar refractivity (Wildman–Crippen MR) is 159 cm³/mol. The van der Waals surface area contributed by atoms with Gasteiger partial charge in [0.2, 0.25) is 11.8 Å². The van der Waals surface area contributed by atoms with Crippen molar-refractivity contribution >= 4 is 29.8 Å². The summed E-state index contributed by atoms with van der Waals surface area (Å²) in [7, 11) is 0. The van der Waals surface area contributed by atoms with Crippen molar-refractivity contribution < 1.29 is 61.2 Å². The van der Waals surface area contributed by atoms with Crippen LogP contribution in [0.2, 0.25) is 0 Å². The van der Waals surface area contributed by atoms with Crippen LogP contribution in [-0.4, -0.2) is 103 Å². The van der Waals surface area contributed by atoms with Crippen LogP contribution < -0.4 is 10.6 Å². The van der Waals surface area contributed by atoms with E-state index in [9.17, 15) is 32.3 Å². The van der Waals surface area contributed by atoms with Crippen LogP contribution >= 0.6 is 0 Å². The molecule has 1 aromatic rings. The Labute approximate surface area is 279 Å². The fourth-order valence-electron chi connectivity index (χ4n) is 7.77. The molecule has 7 rings (SSSR count). The highest BCUT2D eigenvalue weighted by atomic mass is 19.4. The molecule has 16 heteroatoms. The molecular formula is C33H38F3N3O10. The highest BCUT2D eigenvalue weighted by Crippen LogP contribution is 2.63. The Morgan fingerprint density at radius 1 is 1.04 bits per heavy atom. The highest BCUT2D eigenvalue weighted by molar-refractivity contribution is 5.94. The minimum absolute atomic E-state index is 0.0331. The maximum absolute atomic E-state index is 14.3. The topological polar surface area (TPSA) is 162 Å². The number of alkyl halides is 3. The van der Waals surface area contributed by atoms with E-state index >= 15 is 0 Å². The molecule has 2 amide bonds. The molecule has 0 aromatic heterocycles. The average Bonchev–Trinajstić information content (AvgIpc) is 4.01. The van der Waals surface area contributed by atoms with Crippen molar-refractivity contribution in [1.82, 2.24) is 15.7 Å². The van der Waals surface area contributed by atoms with Crippen molar-refractivity contribution in [2.45, 2.75) is 87.5 Å². The summed E-state index contributed by atoms with van der Waals surface area (Å²) in [6, 6.07) is 5.50. The van der Waals surface area contributed by atoms with E-state index in [4.69, 9.17) is 24.2 Å². The average molecular weight is 694 g/mol. The third-order valence-electron chi connectivity index (χ3n) is 10.1. The van der Waals surface area contributed by atoms with E-state index in [0.29, 0.717) is 11.1 Å². The van der Waals surface area contributed by atoms with Gasteiger partial charge < -0.3 is 34.7 Å². The Morgan fingerprint density at radius 3 is 2.45 bits per heavy atom. The van der Waals surface area contributed by atoms with Crippen LogP contribution in [0.1, 0.15) is 49.7 Å². The summed E-state index contributed by atoms with van der Waals surface area (Å²) >= 11 is 0. The van der Waals surface area contributed by atoms with E-state index < -0.39 is 72.3 Å². The molecule has 6 unspecified atom stereocenters. The van der Waals surface area contributed by atoms with E-state index in [1.165, 1.54) is 11.1 Å². The van der Waals surface area contributed by atoms with Gasteiger partial charge in [-0.2, -0.15) is 18.2 Å². The first-order chi connectivity index (χ1) is 23.4. The van der Waals surface area contributed by atoms with Crippen LogP contribution in [0.4, 0.5) is 13.2 Å². The second kappa shape index (κ2) is 13.0. The van der Waals surface area contributed by atoms with Gasteiger partial charge in [-0.05, 0) is 42.9 Å². The van der Waals surface area contributed by atoms with Crippen molar-refractivity contribution in [3.05, 3.63) is 41.5 Å². The molecule has 2 bridgehead atoms. The molecule has 3 N–H and O–H groups in total. The molecular weight excluding hydrogens is 655 g/mol. The van der Waals surface area contributed by atoms with Crippen LogP contribution in [0.5, 0.6) is 0 Å². The first-order valence-electron chi connectivity index (χ1n) is 16.6. The third-order valence-corrected chi connectivity index (χ3v) is 10.1. The Morgan fingerprint density at radius 2 is 1.76 bits per heavy atom. The first kappa shape index (κ1) is 33.9. The summed E-state index contributed by atoms with van der Waals surface area (Å²) in [5.74, 6) is -3.19. The summed E-state index contributed by atoms with van der Waals surface area (Å²) in [4.78, 5) is 58.9. The van der Waals surface area contributed by atoms with Crippen molar-refractivity contribution in [3.8, 4) is 0 Å². The highest BCUT2D eigenvalue weighted by Gasteiger charge is 2.78. The number of hydrogen-bond donors (Lipinski definition) is 3. The summed E-state index contributed by atoms with van der Waals surface area (Å²) < 4.78 is 61.3. The lowest BCUT2D eigenvalue weighted by Crippen LogP contribution is -2.69. The number of nitrogens with zero attached hydrogens (tertiary/aromatic N) is 1. The summed E-state index contributed by atoms with van der Waals surface area (Å²) in [5.41, 5.74) is -0.488. The number of amides is 2. The molecule has 3 aliphatic heterocycles. The molecule has 3 saturated carbocycles. The van der Waals surface area contributed by atoms with Gasteiger partial charge in [-0.25, -0.2) is 4.79 Å². The van der Waals surface area contributed by atoms with Gasteiger partial charge in [-0.1, -0.05) is 24.3 Å². The molecule has 0 spiro atoms. The molecule has 49 heavy (non-hydrogen) atoms. The number of benzene rings is 1. The molecule has 6 atom stereocenters. The zero-order chi connectivity index (χ0) is 34.6. The van der Waals surface area contributed by atoms with Gasteiger partial charge in [-0.3, -0.25) is 19.2 Å². The molecule has 3 heterocycles. The second-order valence-corrected chi connectivity index (χ2v) is 13.5. The zero-order valence-electron chi connectivity index (χ0n) is 26.5. The molecule has 266 valence electrons. The standard InChI is InChI=1S/C33H38F3N3O10/c34-32(35,36)17-45-24(42)10-5-18-3-1-2-4-19(18)16-39-27-29(43)46-22-15-31(27,30(44)38-12-11-23(41)37-13-14-40)28(49-39)26-25(22)47-33(48-26,20-6-7-20)21-8-9-21/h1-5,10,20-22,25-28,40H,6-9,11-17H2,(H,37,41)(H,38,44). The van der Waals surface area contributed by atoms with E-state index in [1.54, 1.807) is 24.3 Å². The molecule has 6 fully saturated rings. The largest absolute Gasteiger partial charge is 0.458 e. The lowest BCUT2D eigenvalue weighted by molar-refractivity contribution is -0.235. The van der Waals surface area contributed by atoms with Gasteiger partial charge in [0.05, 0.1) is 13.2 Å². The predicted octanol–water partition coefficient (Wildman–Crippen LogP) is 1.52. The number of esters is 2. The van der Waals surface area contributed by atoms with Gasteiger partial charge in [-0.15, -0.1) is 0 Å². The molecule has 1 aromatic carbocycles.